The van der Waals surface area contributed by atoms with Crippen molar-refractivity contribution in [1.29, 1.82) is 0 Å². The topological polar surface area (TPSA) is 41.8 Å². The molecule has 1 N–H and O–H groups in total. The maximum atomic E-state index is 12.2. The van der Waals surface area contributed by atoms with Crippen LogP contribution in [0.5, 0.6) is 5.75 Å². The van der Waals surface area contributed by atoms with Crippen LogP contribution in [0.1, 0.15) is 11.3 Å². The summed E-state index contributed by atoms with van der Waals surface area (Å²) in [5.74, 6) is 0.917. The zero-order valence-corrected chi connectivity index (χ0v) is 17.8. The van der Waals surface area contributed by atoms with Gasteiger partial charge in [-0.3, -0.25) is 4.99 Å². The van der Waals surface area contributed by atoms with Gasteiger partial charge in [-0.25, -0.2) is 0 Å². The molecule has 0 saturated carbocycles. The van der Waals surface area contributed by atoms with Crippen LogP contribution in [-0.2, 0) is 20.1 Å². The molecule has 0 saturated heterocycles. The van der Waals surface area contributed by atoms with Gasteiger partial charge in [0.25, 0.3) is 0 Å². The van der Waals surface area contributed by atoms with E-state index in [1.165, 1.54) is 12.1 Å². The SMILES string of the molecule is CN=C(NCc1ccc(OCC(F)(F)F)cc1)N(C)Cc1cccn1C.I. The molecule has 0 radical (unpaired) electrons. The number of ether oxygens (including phenoxy) is 1. The number of guanidine groups is 1. The largest absolute Gasteiger partial charge is 0.484 e. The smallest absolute Gasteiger partial charge is 0.422 e. The molecule has 0 unspecified atom stereocenters. The summed E-state index contributed by atoms with van der Waals surface area (Å²) in [6.07, 6.45) is -2.35. The highest BCUT2D eigenvalue weighted by Gasteiger charge is 2.28. The summed E-state index contributed by atoms with van der Waals surface area (Å²) in [7, 11) is 5.64. The van der Waals surface area contributed by atoms with Crippen LogP contribution in [0.25, 0.3) is 0 Å². The van der Waals surface area contributed by atoms with E-state index in [9.17, 15) is 13.2 Å². The second-order valence-corrected chi connectivity index (χ2v) is 5.92. The van der Waals surface area contributed by atoms with E-state index >= 15 is 0 Å². The number of alkyl halides is 3. The first-order chi connectivity index (χ1) is 12.3. The molecule has 0 amide bonds. The highest BCUT2D eigenvalue weighted by Crippen LogP contribution is 2.18. The van der Waals surface area contributed by atoms with E-state index in [4.69, 9.17) is 4.74 Å². The van der Waals surface area contributed by atoms with Gasteiger partial charge >= 0.3 is 6.18 Å². The number of rotatable bonds is 6. The Kier molecular flexibility index (Phi) is 8.94. The van der Waals surface area contributed by atoms with E-state index in [0.29, 0.717) is 13.1 Å². The molecule has 9 heteroatoms. The number of aryl methyl sites for hydroxylation is 1. The van der Waals surface area contributed by atoms with Crippen molar-refractivity contribution in [1.82, 2.24) is 14.8 Å². The first kappa shape index (κ1) is 23.1. The third-order valence-corrected chi connectivity index (χ3v) is 3.80. The summed E-state index contributed by atoms with van der Waals surface area (Å²) in [5.41, 5.74) is 2.07. The maximum Gasteiger partial charge on any atom is 0.422 e. The van der Waals surface area contributed by atoms with Crippen LogP contribution in [0.3, 0.4) is 0 Å². The van der Waals surface area contributed by atoms with Gasteiger partial charge in [0.15, 0.2) is 12.6 Å². The molecule has 0 fully saturated rings. The lowest BCUT2D eigenvalue weighted by molar-refractivity contribution is -0.153. The highest BCUT2D eigenvalue weighted by atomic mass is 127. The standard InChI is InChI=1S/C18H23F3N4O.HI/c1-22-17(25(3)12-15-5-4-10-24(15)2)23-11-14-6-8-16(9-7-14)26-13-18(19,20)21;/h4-10H,11-13H2,1-3H3,(H,22,23);1H. The lowest BCUT2D eigenvalue weighted by Crippen LogP contribution is -2.38. The fourth-order valence-electron chi connectivity index (χ4n) is 2.41. The average Bonchev–Trinajstić information content (AvgIpc) is 2.99. The lowest BCUT2D eigenvalue weighted by atomic mass is 10.2. The zero-order chi connectivity index (χ0) is 19.2. The van der Waals surface area contributed by atoms with Gasteiger partial charge in [-0.15, -0.1) is 24.0 Å². The number of hydrogen-bond donors (Lipinski definition) is 1. The molecular weight excluding hydrogens is 472 g/mol. The molecule has 1 heterocycles. The van der Waals surface area contributed by atoms with Gasteiger partial charge in [-0.2, -0.15) is 13.2 Å². The molecule has 0 atom stereocenters. The van der Waals surface area contributed by atoms with Crippen LogP contribution in [0, 0.1) is 0 Å². The Morgan fingerprint density at radius 2 is 1.89 bits per heavy atom. The van der Waals surface area contributed by atoms with Crippen LogP contribution in [0.2, 0.25) is 0 Å². The lowest BCUT2D eigenvalue weighted by Gasteiger charge is -2.22. The van der Waals surface area contributed by atoms with Crippen LogP contribution in [0.15, 0.2) is 47.6 Å². The number of nitrogens with one attached hydrogen (secondary N) is 1. The Bertz CT molecular complexity index is 729. The minimum atomic E-state index is -4.34. The van der Waals surface area contributed by atoms with E-state index in [-0.39, 0.29) is 29.7 Å². The van der Waals surface area contributed by atoms with Crippen molar-refractivity contribution in [3.63, 3.8) is 0 Å². The van der Waals surface area contributed by atoms with Gasteiger partial charge in [0.2, 0.25) is 0 Å². The molecule has 27 heavy (non-hydrogen) atoms. The fourth-order valence-corrected chi connectivity index (χ4v) is 2.41. The summed E-state index contributed by atoms with van der Waals surface area (Å²) >= 11 is 0. The summed E-state index contributed by atoms with van der Waals surface area (Å²) in [6.45, 7) is -0.0850. The molecule has 0 aliphatic carbocycles. The molecule has 0 bridgehead atoms. The Labute approximate surface area is 174 Å². The normalized spacial score (nSPS) is 11.7. The number of nitrogens with zero attached hydrogens (tertiary/aromatic N) is 3. The molecule has 2 rings (SSSR count). The minimum absolute atomic E-state index is 0. The molecule has 2 aromatic rings. The molecular formula is C18H24F3IN4O. The first-order valence-electron chi connectivity index (χ1n) is 8.09. The predicted molar refractivity (Wildman–Crippen MR) is 110 cm³/mol. The number of aliphatic imine (C=N–C) groups is 1. The average molecular weight is 496 g/mol. The highest BCUT2D eigenvalue weighted by molar-refractivity contribution is 14.0. The van der Waals surface area contributed by atoms with E-state index in [0.717, 1.165) is 17.2 Å². The van der Waals surface area contributed by atoms with Gasteiger partial charge in [-0.1, -0.05) is 12.1 Å². The molecule has 0 aliphatic heterocycles. The summed E-state index contributed by atoms with van der Waals surface area (Å²) in [5, 5.41) is 3.24. The number of benzene rings is 1. The second-order valence-electron chi connectivity index (χ2n) is 5.92. The van der Waals surface area contributed by atoms with E-state index in [2.05, 4.69) is 10.3 Å². The van der Waals surface area contributed by atoms with Crippen LogP contribution >= 0.6 is 24.0 Å². The molecule has 0 spiro atoms. The summed E-state index contributed by atoms with van der Waals surface area (Å²) in [6, 6.07) is 10.5. The van der Waals surface area contributed by atoms with Gasteiger partial charge < -0.3 is 19.5 Å². The van der Waals surface area contributed by atoms with Crippen LogP contribution in [-0.4, -0.2) is 42.3 Å². The Morgan fingerprint density at radius 3 is 2.41 bits per heavy atom. The maximum absolute atomic E-state index is 12.2. The Morgan fingerprint density at radius 1 is 1.22 bits per heavy atom. The van der Waals surface area contributed by atoms with Gasteiger partial charge in [0, 0.05) is 39.6 Å². The van der Waals surface area contributed by atoms with Gasteiger partial charge in [0.1, 0.15) is 5.75 Å². The second kappa shape index (κ2) is 10.4. The number of hydrogen-bond acceptors (Lipinski definition) is 2. The van der Waals surface area contributed by atoms with Crippen molar-refractivity contribution in [2.75, 3.05) is 20.7 Å². The Hall–Kier alpha value is -1.91. The van der Waals surface area contributed by atoms with Gasteiger partial charge in [0.05, 0.1) is 6.54 Å². The fraction of sp³-hybridized carbons (Fsp3) is 0.389. The summed E-state index contributed by atoms with van der Waals surface area (Å²) < 4.78 is 43.2. The van der Waals surface area contributed by atoms with E-state index < -0.39 is 12.8 Å². The van der Waals surface area contributed by atoms with Crippen molar-refractivity contribution < 1.29 is 17.9 Å². The quantitative estimate of drug-likeness (QED) is 0.376. The molecule has 1 aromatic heterocycles. The number of aromatic nitrogens is 1. The third-order valence-electron chi connectivity index (χ3n) is 3.80. The summed E-state index contributed by atoms with van der Waals surface area (Å²) in [4.78, 5) is 6.26. The Balaban J connectivity index is 0.00000364. The van der Waals surface area contributed by atoms with Crippen molar-refractivity contribution in [2.45, 2.75) is 19.3 Å². The van der Waals surface area contributed by atoms with Crippen molar-refractivity contribution >= 4 is 29.9 Å². The monoisotopic (exact) mass is 496 g/mol. The van der Waals surface area contributed by atoms with Crippen LogP contribution in [0.4, 0.5) is 13.2 Å². The minimum Gasteiger partial charge on any atom is -0.484 e. The van der Waals surface area contributed by atoms with Crippen molar-refractivity contribution in [3.8, 4) is 5.75 Å². The zero-order valence-electron chi connectivity index (χ0n) is 15.5. The van der Waals surface area contributed by atoms with Gasteiger partial charge in [-0.05, 0) is 29.8 Å². The first-order valence-corrected chi connectivity index (χ1v) is 8.09. The van der Waals surface area contributed by atoms with E-state index in [1.807, 2.05) is 41.9 Å². The van der Waals surface area contributed by atoms with E-state index in [1.54, 1.807) is 19.2 Å². The third kappa shape index (κ3) is 7.69. The van der Waals surface area contributed by atoms with Crippen molar-refractivity contribution in [2.24, 2.45) is 12.0 Å². The number of halogens is 4. The molecule has 0 aliphatic rings. The predicted octanol–water partition coefficient (Wildman–Crippen LogP) is 3.79. The molecule has 5 nitrogen and oxygen atoms in total. The van der Waals surface area contributed by atoms with Crippen molar-refractivity contribution in [3.05, 3.63) is 53.9 Å². The molecule has 150 valence electrons. The molecule has 1 aromatic carbocycles. The van der Waals surface area contributed by atoms with Crippen LogP contribution < -0.4 is 10.1 Å².